The molecule has 25 heavy (non-hydrogen) atoms. The largest absolute Gasteiger partial charge is 0.368 e. The Morgan fingerprint density at radius 1 is 1.32 bits per heavy atom. The number of nitrogens with one attached hydrogen (secondary N) is 2. The molecule has 134 valence electrons. The lowest BCUT2D eigenvalue weighted by atomic mass is 10.0. The first-order chi connectivity index (χ1) is 12.0. The van der Waals surface area contributed by atoms with E-state index in [2.05, 4.69) is 20.5 Å². The molecule has 8 nitrogen and oxygen atoms in total. The maximum absolute atomic E-state index is 12.5. The molecule has 1 atom stereocenters. The molecule has 2 aliphatic rings. The van der Waals surface area contributed by atoms with Gasteiger partial charge in [0.1, 0.15) is 6.04 Å². The van der Waals surface area contributed by atoms with Gasteiger partial charge in [-0.1, -0.05) is 0 Å². The summed E-state index contributed by atoms with van der Waals surface area (Å²) >= 11 is 0. The zero-order valence-electron chi connectivity index (χ0n) is 14.3. The summed E-state index contributed by atoms with van der Waals surface area (Å²) in [4.78, 5) is 43.6. The molecule has 0 saturated carbocycles. The second-order valence-corrected chi connectivity index (χ2v) is 6.44. The lowest BCUT2D eigenvalue weighted by Crippen LogP contribution is -2.53. The van der Waals surface area contributed by atoms with Gasteiger partial charge in [-0.05, 0) is 18.1 Å². The third kappa shape index (κ3) is 4.14. The lowest BCUT2D eigenvalue weighted by molar-refractivity contribution is -0.144. The number of aromatic nitrogens is 1. The monoisotopic (exact) mass is 345 g/mol. The van der Waals surface area contributed by atoms with Crippen LogP contribution >= 0.6 is 0 Å². The predicted molar refractivity (Wildman–Crippen MR) is 92.0 cm³/mol. The van der Waals surface area contributed by atoms with E-state index in [4.69, 9.17) is 0 Å². The highest BCUT2D eigenvalue weighted by atomic mass is 16.2. The van der Waals surface area contributed by atoms with Gasteiger partial charge in [-0.25, -0.2) is 0 Å². The van der Waals surface area contributed by atoms with E-state index >= 15 is 0 Å². The van der Waals surface area contributed by atoms with Crippen molar-refractivity contribution in [1.29, 1.82) is 0 Å². The van der Waals surface area contributed by atoms with Gasteiger partial charge in [0, 0.05) is 45.8 Å². The predicted octanol–water partition coefficient (Wildman–Crippen LogP) is -0.703. The van der Waals surface area contributed by atoms with Crippen molar-refractivity contribution in [1.82, 2.24) is 20.5 Å². The summed E-state index contributed by atoms with van der Waals surface area (Å²) in [5.41, 5.74) is 1.83. The lowest BCUT2D eigenvalue weighted by Gasteiger charge is -2.30. The molecule has 3 amide bonds. The van der Waals surface area contributed by atoms with Gasteiger partial charge in [0.05, 0.1) is 18.3 Å². The minimum atomic E-state index is -0.588. The summed E-state index contributed by atoms with van der Waals surface area (Å²) in [5, 5.41) is 5.59. The van der Waals surface area contributed by atoms with Gasteiger partial charge in [0.15, 0.2) is 0 Å². The molecule has 0 aromatic carbocycles. The first-order valence-electron chi connectivity index (χ1n) is 8.53. The molecule has 2 aliphatic heterocycles. The molecule has 0 radical (unpaired) electrons. The number of carbonyl (C=O) groups is 3. The first kappa shape index (κ1) is 17.3. The Morgan fingerprint density at radius 2 is 2.08 bits per heavy atom. The third-order valence-electron chi connectivity index (χ3n) is 4.69. The number of nitrogens with zero attached hydrogens (tertiary/aromatic N) is 3. The van der Waals surface area contributed by atoms with Crippen LogP contribution in [0.15, 0.2) is 18.5 Å². The second kappa shape index (κ2) is 7.60. The maximum atomic E-state index is 12.5. The topological polar surface area (TPSA) is 94.6 Å². The SMILES string of the molecule is CN(C(=O)Cc1cncc(N2CCNCC2)c1)C1CCC(=O)NC1=O. The smallest absolute Gasteiger partial charge is 0.249 e. The molecule has 2 saturated heterocycles. The van der Waals surface area contributed by atoms with E-state index in [1.165, 1.54) is 4.90 Å². The minimum absolute atomic E-state index is 0.159. The van der Waals surface area contributed by atoms with Crippen LogP contribution in [-0.2, 0) is 20.8 Å². The number of imide groups is 1. The molecule has 8 heteroatoms. The number of amides is 3. The highest BCUT2D eigenvalue weighted by Gasteiger charge is 2.32. The van der Waals surface area contributed by atoms with Crippen LogP contribution in [0, 0.1) is 0 Å². The van der Waals surface area contributed by atoms with Crippen molar-refractivity contribution in [2.75, 3.05) is 38.1 Å². The highest BCUT2D eigenvalue weighted by Crippen LogP contribution is 2.17. The van der Waals surface area contributed by atoms with Crippen LogP contribution in [-0.4, -0.2) is 66.9 Å². The quantitative estimate of drug-likeness (QED) is 0.701. The molecule has 1 aromatic rings. The molecule has 1 unspecified atom stereocenters. The number of hydrogen-bond donors (Lipinski definition) is 2. The number of likely N-dealkylation sites (N-methyl/N-ethyl adjacent to an activating group) is 1. The van der Waals surface area contributed by atoms with Gasteiger partial charge in [-0.2, -0.15) is 0 Å². The van der Waals surface area contributed by atoms with E-state index in [0.29, 0.717) is 6.42 Å². The van der Waals surface area contributed by atoms with Crippen molar-refractivity contribution in [3.63, 3.8) is 0 Å². The van der Waals surface area contributed by atoms with Crippen LogP contribution in [0.2, 0.25) is 0 Å². The molecule has 2 fully saturated rings. The Morgan fingerprint density at radius 3 is 2.80 bits per heavy atom. The normalized spacial score (nSPS) is 21.0. The molecule has 3 heterocycles. The summed E-state index contributed by atoms with van der Waals surface area (Å²) in [7, 11) is 1.61. The van der Waals surface area contributed by atoms with E-state index in [0.717, 1.165) is 37.4 Å². The summed E-state index contributed by atoms with van der Waals surface area (Å²) in [6, 6.07) is 1.39. The average Bonchev–Trinajstić information content (AvgIpc) is 2.62. The number of hydrogen-bond acceptors (Lipinski definition) is 6. The van der Waals surface area contributed by atoms with E-state index in [9.17, 15) is 14.4 Å². The summed E-state index contributed by atoms with van der Waals surface area (Å²) in [6.45, 7) is 3.69. The van der Waals surface area contributed by atoms with Crippen LogP contribution in [0.3, 0.4) is 0 Å². The third-order valence-corrected chi connectivity index (χ3v) is 4.69. The molecule has 1 aromatic heterocycles. The molecular formula is C17H23N5O3. The summed E-state index contributed by atoms with van der Waals surface area (Å²) in [6.07, 6.45) is 4.30. The van der Waals surface area contributed by atoms with E-state index < -0.39 is 11.9 Å². The molecular weight excluding hydrogens is 322 g/mol. The molecule has 2 N–H and O–H groups in total. The fourth-order valence-electron chi connectivity index (χ4n) is 3.19. The van der Waals surface area contributed by atoms with Crippen LogP contribution in [0.1, 0.15) is 18.4 Å². The highest BCUT2D eigenvalue weighted by molar-refractivity contribution is 6.01. The van der Waals surface area contributed by atoms with Crippen molar-refractivity contribution < 1.29 is 14.4 Å². The Hall–Kier alpha value is -2.48. The Kier molecular flexibility index (Phi) is 5.28. The van der Waals surface area contributed by atoms with E-state index in [1.54, 1.807) is 13.2 Å². The number of anilines is 1. The van der Waals surface area contributed by atoms with Gasteiger partial charge in [-0.3, -0.25) is 24.7 Å². The summed E-state index contributed by atoms with van der Waals surface area (Å²) < 4.78 is 0. The zero-order valence-corrected chi connectivity index (χ0v) is 14.3. The Balaban J connectivity index is 1.64. The minimum Gasteiger partial charge on any atom is -0.368 e. The van der Waals surface area contributed by atoms with Crippen LogP contribution in [0.25, 0.3) is 0 Å². The number of piperazine rings is 1. The van der Waals surface area contributed by atoms with Crippen molar-refractivity contribution in [2.24, 2.45) is 0 Å². The van der Waals surface area contributed by atoms with Crippen molar-refractivity contribution in [2.45, 2.75) is 25.3 Å². The number of rotatable bonds is 4. The van der Waals surface area contributed by atoms with Gasteiger partial charge < -0.3 is 15.1 Å². The fourth-order valence-corrected chi connectivity index (χ4v) is 3.19. The van der Waals surface area contributed by atoms with Crippen LogP contribution in [0.4, 0.5) is 5.69 Å². The molecule has 0 spiro atoms. The Labute approximate surface area is 146 Å². The van der Waals surface area contributed by atoms with Crippen LogP contribution < -0.4 is 15.5 Å². The number of carbonyl (C=O) groups excluding carboxylic acids is 3. The maximum Gasteiger partial charge on any atom is 0.249 e. The van der Waals surface area contributed by atoms with Gasteiger partial charge >= 0.3 is 0 Å². The second-order valence-electron chi connectivity index (χ2n) is 6.44. The van der Waals surface area contributed by atoms with E-state index in [-0.39, 0.29) is 24.7 Å². The van der Waals surface area contributed by atoms with Gasteiger partial charge in [0.25, 0.3) is 0 Å². The number of pyridine rings is 1. The van der Waals surface area contributed by atoms with Crippen molar-refractivity contribution >= 4 is 23.4 Å². The zero-order chi connectivity index (χ0) is 17.8. The standard InChI is InChI=1S/C17H23N5O3/c1-21(14-2-3-15(23)20-17(14)25)16(24)9-12-8-13(11-19-10-12)22-6-4-18-5-7-22/h8,10-11,14,18H,2-7,9H2,1H3,(H,20,23,25). The van der Waals surface area contributed by atoms with Gasteiger partial charge in [-0.15, -0.1) is 0 Å². The summed E-state index contributed by atoms with van der Waals surface area (Å²) in [5.74, 6) is -0.844. The fraction of sp³-hybridized carbons (Fsp3) is 0.529. The Bertz CT molecular complexity index is 672. The molecule has 0 aliphatic carbocycles. The van der Waals surface area contributed by atoms with Crippen molar-refractivity contribution in [3.05, 3.63) is 24.0 Å². The molecule has 0 bridgehead atoms. The van der Waals surface area contributed by atoms with Crippen LogP contribution in [0.5, 0.6) is 0 Å². The van der Waals surface area contributed by atoms with Gasteiger partial charge in [0.2, 0.25) is 17.7 Å². The average molecular weight is 345 g/mol. The van der Waals surface area contributed by atoms with E-state index in [1.807, 2.05) is 12.3 Å². The number of piperidine rings is 1. The first-order valence-corrected chi connectivity index (χ1v) is 8.53. The molecule has 3 rings (SSSR count). The van der Waals surface area contributed by atoms with Crippen molar-refractivity contribution in [3.8, 4) is 0 Å².